The number of aromatic nitrogens is 2. The molecule has 156 valence electrons. The average molecular weight is 479 g/mol. The van der Waals surface area contributed by atoms with Gasteiger partial charge in [0, 0.05) is 21.8 Å². The molecule has 2 aromatic heterocycles. The number of halogens is 1. The summed E-state index contributed by atoms with van der Waals surface area (Å²) in [5.74, 6) is 0.0901. The van der Waals surface area contributed by atoms with Crippen LogP contribution in [0.3, 0.4) is 0 Å². The maximum absolute atomic E-state index is 12.9. The second kappa shape index (κ2) is 9.01. The van der Waals surface area contributed by atoms with Crippen LogP contribution in [0.5, 0.6) is 0 Å². The maximum atomic E-state index is 12.9. The van der Waals surface area contributed by atoms with Crippen LogP contribution in [-0.4, -0.2) is 21.6 Å². The molecule has 0 aliphatic carbocycles. The Balaban J connectivity index is 1.50. The van der Waals surface area contributed by atoms with Gasteiger partial charge < -0.3 is 15.1 Å². The van der Waals surface area contributed by atoms with Crippen LogP contribution in [0.25, 0.3) is 0 Å². The summed E-state index contributed by atoms with van der Waals surface area (Å²) >= 11 is 3.53. The van der Waals surface area contributed by atoms with Gasteiger partial charge in [-0.15, -0.1) is 0 Å². The summed E-state index contributed by atoms with van der Waals surface area (Å²) in [5, 5.41) is 9.98. The number of carbonyl (C=O) groups excluding carboxylic acids is 2. The van der Waals surface area contributed by atoms with E-state index in [1.807, 2.05) is 31.2 Å². The highest BCUT2D eigenvalue weighted by molar-refractivity contribution is 9.10. The van der Waals surface area contributed by atoms with Crippen molar-refractivity contribution in [2.24, 2.45) is 0 Å². The Kier molecular flexibility index (Phi) is 5.99. The van der Waals surface area contributed by atoms with Crippen LogP contribution in [0.1, 0.15) is 32.0 Å². The molecule has 7 nitrogen and oxygen atoms in total. The summed E-state index contributed by atoms with van der Waals surface area (Å²) in [5.41, 5.74) is 2.82. The van der Waals surface area contributed by atoms with Crippen LogP contribution in [0, 0.1) is 6.92 Å². The molecule has 0 spiro atoms. The zero-order valence-corrected chi connectivity index (χ0v) is 18.2. The first kappa shape index (κ1) is 20.6. The van der Waals surface area contributed by atoms with E-state index in [1.165, 1.54) is 6.26 Å². The largest absolute Gasteiger partial charge is 0.459 e. The molecule has 0 saturated carbocycles. The molecule has 0 aliphatic heterocycles. The van der Waals surface area contributed by atoms with Crippen molar-refractivity contribution in [2.75, 3.05) is 10.6 Å². The number of aryl methyl sites for hydroxylation is 1. The highest BCUT2D eigenvalue weighted by atomic mass is 79.9. The van der Waals surface area contributed by atoms with Gasteiger partial charge >= 0.3 is 0 Å². The van der Waals surface area contributed by atoms with Crippen molar-refractivity contribution in [3.8, 4) is 0 Å². The second-order valence-corrected chi connectivity index (χ2v) is 7.74. The Morgan fingerprint density at radius 3 is 2.65 bits per heavy atom. The third-order valence-electron chi connectivity index (χ3n) is 4.73. The number of hydrogen-bond donors (Lipinski definition) is 2. The number of benzene rings is 2. The molecule has 2 N–H and O–H groups in total. The lowest BCUT2D eigenvalue weighted by molar-refractivity contribution is 0.0993. The zero-order chi connectivity index (χ0) is 21.8. The lowest BCUT2D eigenvalue weighted by Crippen LogP contribution is -2.17. The first-order valence-corrected chi connectivity index (χ1v) is 10.3. The number of rotatable bonds is 6. The standard InChI is InChI=1S/C23H19BrN4O3/c1-15-8-9-16(13-19(15)26-23(30)20-7-4-12-31-20)22(29)27-21-10-11-25-28(21)14-17-5-2-3-6-18(17)24/h2-13H,14H2,1H3,(H,26,30)(H,27,29). The van der Waals surface area contributed by atoms with Crippen molar-refractivity contribution in [3.05, 3.63) is 100 Å². The lowest BCUT2D eigenvalue weighted by Gasteiger charge is -2.12. The first-order valence-electron chi connectivity index (χ1n) is 9.53. The van der Waals surface area contributed by atoms with E-state index in [-0.39, 0.29) is 17.6 Å². The molecule has 2 amide bonds. The number of furan rings is 1. The first-order chi connectivity index (χ1) is 15.0. The van der Waals surface area contributed by atoms with Crippen LogP contribution in [0.2, 0.25) is 0 Å². The molecule has 0 bridgehead atoms. The fourth-order valence-corrected chi connectivity index (χ4v) is 3.44. The quantitative estimate of drug-likeness (QED) is 0.403. The minimum atomic E-state index is -0.378. The van der Waals surface area contributed by atoms with Crippen LogP contribution in [0.4, 0.5) is 11.5 Å². The summed E-state index contributed by atoms with van der Waals surface area (Å²) < 4.78 is 7.81. The molecule has 0 radical (unpaired) electrons. The molecule has 0 atom stereocenters. The van der Waals surface area contributed by atoms with Gasteiger partial charge in [0.15, 0.2) is 5.76 Å². The predicted molar refractivity (Wildman–Crippen MR) is 121 cm³/mol. The van der Waals surface area contributed by atoms with Crippen molar-refractivity contribution < 1.29 is 14.0 Å². The van der Waals surface area contributed by atoms with Crippen LogP contribution in [-0.2, 0) is 6.54 Å². The summed E-state index contributed by atoms with van der Waals surface area (Å²) in [4.78, 5) is 25.2. The molecule has 0 unspecified atom stereocenters. The third kappa shape index (κ3) is 4.75. The summed E-state index contributed by atoms with van der Waals surface area (Å²) in [7, 11) is 0. The second-order valence-electron chi connectivity index (χ2n) is 6.88. The molecular formula is C23H19BrN4O3. The van der Waals surface area contributed by atoms with Gasteiger partial charge in [0.05, 0.1) is 19.0 Å². The van der Waals surface area contributed by atoms with Gasteiger partial charge in [-0.05, 0) is 48.4 Å². The van der Waals surface area contributed by atoms with Crippen molar-refractivity contribution in [1.29, 1.82) is 0 Å². The van der Waals surface area contributed by atoms with E-state index in [2.05, 4.69) is 31.7 Å². The van der Waals surface area contributed by atoms with Gasteiger partial charge in [0.25, 0.3) is 11.8 Å². The number of nitrogens with zero attached hydrogens (tertiary/aromatic N) is 2. The lowest BCUT2D eigenvalue weighted by atomic mass is 10.1. The van der Waals surface area contributed by atoms with Gasteiger partial charge in [-0.25, -0.2) is 4.68 Å². The molecule has 0 fully saturated rings. The SMILES string of the molecule is Cc1ccc(C(=O)Nc2ccnn2Cc2ccccc2Br)cc1NC(=O)c1ccco1. The van der Waals surface area contributed by atoms with Crippen LogP contribution in [0.15, 0.2) is 82.0 Å². The molecule has 2 heterocycles. The van der Waals surface area contributed by atoms with Crippen molar-refractivity contribution in [1.82, 2.24) is 9.78 Å². The fourth-order valence-electron chi connectivity index (χ4n) is 3.03. The molecule has 8 heteroatoms. The molecule has 0 aliphatic rings. The van der Waals surface area contributed by atoms with Crippen molar-refractivity contribution >= 4 is 39.2 Å². The molecular weight excluding hydrogens is 460 g/mol. The minimum absolute atomic E-state index is 0.199. The average Bonchev–Trinajstić information content (AvgIpc) is 3.44. The molecule has 2 aromatic carbocycles. The highest BCUT2D eigenvalue weighted by Crippen LogP contribution is 2.21. The Hall–Kier alpha value is -3.65. The van der Waals surface area contributed by atoms with Gasteiger partial charge in [0.1, 0.15) is 5.82 Å². The van der Waals surface area contributed by atoms with Gasteiger partial charge in [0.2, 0.25) is 0 Å². The zero-order valence-electron chi connectivity index (χ0n) is 16.6. The van der Waals surface area contributed by atoms with Crippen LogP contribution >= 0.6 is 15.9 Å². The third-order valence-corrected chi connectivity index (χ3v) is 5.50. The number of anilines is 2. The number of nitrogens with one attached hydrogen (secondary N) is 2. The van der Waals surface area contributed by atoms with Gasteiger partial charge in [-0.3, -0.25) is 9.59 Å². The van der Waals surface area contributed by atoms with Gasteiger partial charge in [-0.1, -0.05) is 40.2 Å². The Labute approximate surface area is 187 Å². The van der Waals surface area contributed by atoms with E-state index in [0.29, 0.717) is 23.6 Å². The molecule has 4 aromatic rings. The summed E-state index contributed by atoms with van der Waals surface area (Å²) in [6.07, 6.45) is 3.07. The predicted octanol–water partition coefficient (Wildman–Crippen LogP) is 5.10. The topological polar surface area (TPSA) is 89.2 Å². The maximum Gasteiger partial charge on any atom is 0.291 e. The highest BCUT2D eigenvalue weighted by Gasteiger charge is 2.15. The number of hydrogen-bond acceptors (Lipinski definition) is 4. The van der Waals surface area contributed by atoms with Gasteiger partial charge in [-0.2, -0.15) is 5.10 Å². The van der Waals surface area contributed by atoms with Crippen molar-refractivity contribution in [2.45, 2.75) is 13.5 Å². The minimum Gasteiger partial charge on any atom is -0.459 e. The molecule has 0 saturated heterocycles. The van der Waals surface area contributed by atoms with E-state index >= 15 is 0 Å². The molecule has 31 heavy (non-hydrogen) atoms. The number of carbonyl (C=O) groups is 2. The normalized spacial score (nSPS) is 10.6. The Bertz CT molecular complexity index is 1230. The van der Waals surface area contributed by atoms with E-state index in [9.17, 15) is 9.59 Å². The summed E-state index contributed by atoms with van der Waals surface area (Å²) in [6, 6.07) is 17.9. The smallest absolute Gasteiger partial charge is 0.291 e. The van der Waals surface area contributed by atoms with E-state index < -0.39 is 0 Å². The molecule has 4 rings (SSSR count). The van der Waals surface area contributed by atoms with E-state index in [4.69, 9.17) is 4.42 Å². The van der Waals surface area contributed by atoms with Crippen LogP contribution < -0.4 is 10.6 Å². The van der Waals surface area contributed by atoms with E-state index in [1.54, 1.807) is 47.3 Å². The monoisotopic (exact) mass is 478 g/mol. The van der Waals surface area contributed by atoms with E-state index in [0.717, 1.165) is 15.6 Å². The fraction of sp³-hybridized carbons (Fsp3) is 0.0870. The number of amides is 2. The Morgan fingerprint density at radius 1 is 1.03 bits per heavy atom. The Morgan fingerprint density at radius 2 is 1.87 bits per heavy atom. The van der Waals surface area contributed by atoms with Crippen molar-refractivity contribution in [3.63, 3.8) is 0 Å². The summed E-state index contributed by atoms with van der Waals surface area (Å²) in [6.45, 7) is 2.36.